The van der Waals surface area contributed by atoms with Crippen LogP contribution in [0.4, 0.5) is 0 Å². The van der Waals surface area contributed by atoms with E-state index >= 15 is 0 Å². The fraction of sp³-hybridized carbons (Fsp3) is 0.235. The van der Waals surface area contributed by atoms with Crippen molar-refractivity contribution in [3.05, 3.63) is 115 Å². The second kappa shape index (κ2) is 19.8. The number of aliphatic imine (C=N–C) groups is 1. The molecule has 9 heteroatoms. The lowest BCUT2D eigenvalue weighted by atomic mass is 10.2. The molecule has 0 aliphatic rings. The number of hydrogen-bond donors (Lipinski definition) is 0. The molecule has 43 heavy (non-hydrogen) atoms. The highest BCUT2D eigenvalue weighted by molar-refractivity contribution is 5.91. The molecule has 0 aliphatic heterocycles. The standard InChI is InChI=1S/C20H20O5.C14H17NO3/c1-3-19(21)24-14-4-13-23-17-11-7-16(8-12-17)20(22)25-18-9-5-15(2)6-10-18;1-3-14(16)18-10-4-9-17-13-7-5-12(6-8-13)11-15-2/h3,5-12H,1,4,13-14H2,2H3;3,5-8,11H,1,4,9-10H2,2H3. The SMILES string of the molecule is C=CC(=O)OCCCOc1ccc(C(=O)Oc2ccc(C)cc2)cc1.C=CC(=O)OCCCOc1ccc(C=NC)cc1. The smallest absolute Gasteiger partial charge is 0.343 e. The van der Waals surface area contributed by atoms with Crippen molar-refractivity contribution in [1.29, 1.82) is 0 Å². The minimum absolute atomic E-state index is 0.270. The average Bonchev–Trinajstić information content (AvgIpc) is 3.03. The number of ether oxygens (including phenoxy) is 5. The Morgan fingerprint density at radius 3 is 1.60 bits per heavy atom. The van der Waals surface area contributed by atoms with Crippen LogP contribution in [0.2, 0.25) is 0 Å². The Balaban J connectivity index is 0.000000317. The molecule has 0 saturated heterocycles. The zero-order valence-electron chi connectivity index (χ0n) is 24.5. The van der Waals surface area contributed by atoms with Gasteiger partial charge in [0.05, 0.1) is 32.0 Å². The van der Waals surface area contributed by atoms with Gasteiger partial charge in [0.2, 0.25) is 0 Å². The molecule has 0 spiro atoms. The van der Waals surface area contributed by atoms with Crippen molar-refractivity contribution in [2.24, 2.45) is 4.99 Å². The van der Waals surface area contributed by atoms with E-state index in [4.69, 9.17) is 23.7 Å². The molecule has 3 rings (SSSR count). The maximum atomic E-state index is 12.1. The molecule has 0 aliphatic carbocycles. The molecule has 0 radical (unpaired) electrons. The number of benzene rings is 3. The first-order valence-corrected chi connectivity index (χ1v) is 13.6. The van der Waals surface area contributed by atoms with Crippen LogP contribution >= 0.6 is 0 Å². The van der Waals surface area contributed by atoms with Crippen LogP contribution in [-0.4, -0.2) is 57.6 Å². The third-order valence-electron chi connectivity index (χ3n) is 5.42. The maximum Gasteiger partial charge on any atom is 0.343 e. The Kier molecular flexibility index (Phi) is 15.7. The molecule has 0 heterocycles. The van der Waals surface area contributed by atoms with Gasteiger partial charge in [0, 0.05) is 38.3 Å². The summed E-state index contributed by atoms with van der Waals surface area (Å²) in [6.07, 6.45) is 5.26. The Labute approximate surface area is 252 Å². The highest BCUT2D eigenvalue weighted by Gasteiger charge is 2.09. The van der Waals surface area contributed by atoms with E-state index in [1.807, 2.05) is 43.3 Å². The monoisotopic (exact) mass is 587 g/mol. The van der Waals surface area contributed by atoms with Gasteiger partial charge in [-0.1, -0.05) is 30.9 Å². The molecule has 226 valence electrons. The van der Waals surface area contributed by atoms with Crippen molar-refractivity contribution in [2.45, 2.75) is 19.8 Å². The van der Waals surface area contributed by atoms with E-state index in [0.29, 0.717) is 49.7 Å². The fourth-order valence-electron chi connectivity index (χ4n) is 3.22. The molecule has 0 bridgehead atoms. The first-order valence-electron chi connectivity index (χ1n) is 13.6. The molecule has 3 aromatic rings. The van der Waals surface area contributed by atoms with Gasteiger partial charge in [0.15, 0.2) is 0 Å². The minimum Gasteiger partial charge on any atom is -0.493 e. The Hall–Kier alpha value is -5.18. The van der Waals surface area contributed by atoms with E-state index in [1.54, 1.807) is 49.7 Å². The van der Waals surface area contributed by atoms with E-state index in [0.717, 1.165) is 29.0 Å². The van der Waals surface area contributed by atoms with Crippen LogP contribution in [0.1, 0.15) is 34.3 Å². The first-order chi connectivity index (χ1) is 20.8. The summed E-state index contributed by atoms with van der Waals surface area (Å²) in [6.45, 7) is 10.1. The lowest BCUT2D eigenvalue weighted by molar-refractivity contribution is -0.138. The van der Waals surface area contributed by atoms with Gasteiger partial charge in [0.1, 0.15) is 17.2 Å². The molecule has 0 N–H and O–H groups in total. The fourth-order valence-corrected chi connectivity index (χ4v) is 3.22. The summed E-state index contributed by atoms with van der Waals surface area (Å²) in [6, 6.07) is 21.6. The Bertz CT molecular complexity index is 1330. The van der Waals surface area contributed by atoms with Crippen LogP contribution in [0, 0.1) is 6.92 Å². The zero-order chi connectivity index (χ0) is 31.3. The maximum absolute atomic E-state index is 12.1. The molecule has 0 saturated carbocycles. The van der Waals surface area contributed by atoms with Crippen LogP contribution in [0.5, 0.6) is 17.2 Å². The summed E-state index contributed by atoms with van der Waals surface area (Å²) in [5, 5.41) is 0. The summed E-state index contributed by atoms with van der Waals surface area (Å²) in [5.74, 6) is 0.645. The lowest BCUT2D eigenvalue weighted by Crippen LogP contribution is -2.09. The Morgan fingerprint density at radius 2 is 1.14 bits per heavy atom. The summed E-state index contributed by atoms with van der Waals surface area (Å²) >= 11 is 0. The van der Waals surface area contributed by atoms with Gasteiger partial charge in [-0.2, -0.15) is 0 Å². The minimum atomic E-state index is -0.448. The number of nitrogens with zero attached hydrogens (tertiary/aromatic N) is 1. The van der Waals surface area contributed by atoms with Crippen LogP contribution in [0.15, 0.2) is 103 Å². The molecular formula is C34H37NO8. The van der Waals surface area contributed by atoms with E-state index < -0.39 is 17.9 Å². The van der Waals surface area contributed by atoms with Gasteiger partial charge in [0.25, 0.3) is 0 Å². The molecule has 0 amide bonds. The topological polar surface area (TPSA) is 110 Å². The molecule has 0 aromatic heterocycles. The number of hydrogen-bond acceptors (Lipinski definition) is 9. The van der Waals surface area contributed by atoms with Crippen molar-refractivity contribution in [2.75, 3.05) is 33.5 Å². The van der Waals surface area contributed by atoms with Crippen molar-refractivity contribution in [1.82, 2.24) is 0 Å². The predicted molar refractivity (Wildman–Crippen MR) is 165 cm³/mol. The first kappa shape index (κ1) is 34.0. The average molecular weight is 588 g/mol. The molecule has 0 atom stereocenters. The Morgan fingerprint density at radius 1 is 0.674 bits per heavy atom. The quantitative estimate of drug-likeness (QED) is 0.0706. The third kappa shape index (κ3) is 14.3. The van der Waals surface area contributed by atoms with Gasteiger partial charge in [-0.05, 0) is 73.2 Å². The predicted octanol–water partition coefficient (Wildman–Crippen LogP) is 5.95. The normalized spacial score (nSPS) is 10.1. The number of aryl methyl sites for hydroxylation is 1. The van der Waals surface area contributed by atoms with Crippen molar-refractivity contribution < 1.29 is 38.1 Å². The van der Waals surface area contributed by atoms with Crippen LogP contribution in [0.3, 0.4) is 0 Å². The summed E-state index contributed by atoms with van der Waals surface area (Å²) in [4.78, 5) is 37.6. The molecule has 0 fully saturated rings. The number of carbonyl (C=O) groups excluding carboxylic acids is 3. The van der Waals surface area contributed by atoms with Gasteiger partial charge >= 0.3 is 17.9 Å². The summed E-state index contributed by atoms with van der Waals surface area (Å²) in [7, 11) is 1.73. The molecule has 3 aromatic carbocycles. The second-order valence-corrected chi connectivity index (χ2v) is 8.83. The lowest BCUT2D eigenvalue weighted by Gasteiger charge is -2.08. The van der Waals surface area contributed by atoms with E-state index in [9.17, 15) is 14.4 Å². The van der Waals surface area contributed by atoms with E-state index in [-0.39, 0.29) is 6.61 Å². The summed E-state index contributed by atoms with van der Waals surface area (Å²) < 4.78 is 26.0. The van der Waals surface area contributed by atoms with Crippen LogP contribution in [-0.2, 0) is 19.1 Å². The van der Waals surface area contributed by atoms with Gasteiger partial charge in [-0.15, -0.1) is 0 Å². The number of carbonyl (C=O) groups is 3. The van der Waals surface area contributed by atoms with E-state index in [1.165, 1.54) is 0 Å². The third-order valence-corrected chi connectivity index (χ3v) is 5.42. The van der Waals surface area contributed by atoms with Gasteiger partial charge in [-0.3, -0.25) is 4.99 Å². The molecule has 0 unspecified atom stereocenters. The largest absolute Gasteiger partial charge is 0.493 e. The van der Waals surface area contributed by atoms with Crippen molar-refractivity contribution in [3.8, 4) is 17.2 Å². The highest BCUT2D eigenvalue weighted by Crippen LogP contribution is 2.17. The van der Waals surface area contributed by atoms with Crippen molar-refractivity contribution >= 4 is 24.1 Å². The van der Waals surface area contributed by atoms with Crippen molar-refractivity contribution in [3.63, 3.8) is 0 Å². The zero-order valence-corrected chi connectivity index (χ0v) is 24.5. The highest BCUT2D eigenvalue weighted by atomic mass is 16.5. The number of esters is 3. The molecule has 9 nitrogen and oxygen atoms in total. The summed E-state index contributed by atoms with van der Waals surface area (Å²) in [5.41, 5.74) is 2.57. The van der Waals surface area contributed by atoms with Crippen LogP contribution in [0.25, 0.3) is 0 Å². The second-order valence-electron chi connectivity index (χ2n) is 8.83. The molecular weight excluding hydrogens is 550 g/mol. The van der Waals surface area contributed by atoms with Crippen LogP contribution < -0.4 is 14.2 Å². The van der Waals surface area contributed by atoms with Gasteiger partial charge < -0.3 is 23.7 Å². The van der Waals surface area contributed by atoms with E-state index in [2.05, 4.69) is 18.2 Å². The van der Waals surface area contributed by atoms with Gasteiger partial charge in [-0.25, -0.2) is 14.4 Å². The number of rotatable bonds is 15.